The van der Waals surface area contributed by atoms with E-state index in [1.54, 1.807) is 12.3 Å². The molecule has 2 aromatic rings. The molecule has 0 aromatic heterocycles. The van der Waals surface area contributed by atoms with Gasteiger partial charge in [-0.15, -0.1) is 0 Å². The minimum Gasteiger partial charge on any atom is -0.492 e. The molecule has 0 spiro atoms. The number of carbonyl (C=O) groups excluding carboxylic acids is 1. The molecular weight excluding hydrogens is 380 g/mol. The van der Waals surface area contributed by atoms with Crippen molar-refractivity contribution in [3.8, 4) is 5.75 Å². The summed E-state index contributed by atoms with van der Waals surface area (Å²) in [4.78, 5) is 11.7. The molecule has 2 aromatic carbocycles. The van der Waals surface area contributed by atoms with Gasteiger partial charge in [0.1, 0.15) is 5.75 Å². The zero-order chi connectivity index (χ0) is 17.9. The second-order valence-corrected chi connectivity index (χ2v) is 6.32. The van der Waals surface area contributed by atoms with E-state index in [0.717, 1.165) is 21.3 Å². The number of benzene rings is 2. The summed E-state index contributed by atoms with van der Waals surface area (Å²) in [5.41, 5.74) is 4.75. The van der Waals surface area contributed by atoms with Gasteiger partial charge in [0.15, 0.2) is 0 Å². The average Bonchev–Trinajstić information content (AvgIpc) is 2.61. The maximum atomic E-state index is 11.7. The van der Waals surface area contributed by atoms with Crippen LogP contribution in [0.1, 0.15) is 24.0 Å². The Morgan fingerprint density at radius 1 is 1.24 bits per heavy atom. The van der Waals surface area contributed by atoms with Crippen LogP contribution in [0, 0.1) is 6.92 Å². The van der Waals surface area contributed by atoms with Gasteiger partial charge in [-0.3, -0.25) is 4.79 Å². The minimum absolute atomic E-state index is 0.129. The number of allylic oxidation sites excluding steroid dienone is 1. The lowest BCUT2D eigenvalue weighted by atomic mass is 10.2. The smallest absolute Gasteiger partial charge is 0.240 e. The Morgan fingerprint density at radius 3 is 2.80 bits per heavy atom. The fraction of sp³-hybridized carbons (Fsp3) is 0.200. The Labute approximate surface area is 156 Å². The normalized spacial score (nSPS) is 11.1. The molecule has 0 saturated heterocycles. The van der Waals surface area contributed by atoms with E-state index in [4.69, 9.17) is 4.74 Å². The van der Waals surface area contributed by atoms with Crippen LogP contribution in [0.3, 0.4) is 0 Å². The number of hydrogen-bond acceptors (Lipinski definition) is 3. The minimum atomic E-state index is -0.129. The number of rotatable bonds is 8. The van der Waals surface area contributed by atoms with Crippen molar-refractivity contribution in [2.45, 2.75) is 19.8 Å². The van der Waals surface area contributed by atoms with Crippen LogP contribution in [-0.2, 0) is 4.79 Å². The van der Waals surface area contributed by atoms with E-state index in [1.807, 2.05) is 61.5 Å². The topological polar surface area (TPSA) is 50.7 Å². The molecular formula is C20H21BrN2O2. The number of hydrazone groups is 1. The van der Waals surface area contributed by atoms with Crippen LogP contribution >= 0.6 is 15.9 Å². The largest absolute Gasteiger partial charge is 0.492 e. The second kappa shape index (κ2) is 10.5. The number of hydrogen-bond donors (Lipinski definition) is 1. The lowest BCUT2D eigenvalue weighted by Crippen LogP contribution is -2.17. The standard InChI is InChI=1S/C20H21BrN2O2/c1-16-11-12-19(18(21)15-16)25-14-6-10-20(24)23-22-13-5-9-17-7-3-2-4-8-17/h2-5,7-9,11-13,15H,6,10,14H2,1H3,(H,23,24)/b9-5+,22-13+. The van der Waals surface area contributed by atoms with Gasteiger partial charge in [0, 0.05) is 12.6 Å². The highest BCUT2D eigenvalue weighted by atomic mass is 79.9. The fourth-order valence-corrected chi connectivity index (χ4v) is 2.67. The van der Waals surface area contributed by atoms with Crippen molar-refractivity contribution >= 4 is 34.1 Å². The highest BCUT2D eigenvalue weighted by molar-refractivity contribution is 9.10. The van der Waals surface area contributed by atoms with Gasteiger partial charge >= 0.3 is 0 Å². The summed E-state index contributed by atoms with van der Waals surface area (Å²) in [5, 5.41) is 3.89. The number of halogens is 1. The van der Waals surface area contributed by atoms with E-state index in [1.165, 1.54) is 0 Å². The van der Waals surface area contributed by atoms with Crippen LogP contribution in [0.4, 0.5) is 0 Å². The number of nitrogens with zero attached hydrogens (tertiary/aromatic N) is 1. The van der Waals surface area contributed by atoms with Crippen LogP contribution in [0.2, 0.25) is 0 Å². The molecule has 0 heterocycles. The second-order valence-electron chi connectivity index (χ2n) is 5.47. The third-order valence-corrected chi connectivity index (χ3v) is 3.95. The van der Waals surface area contributed by atoms with Gasteiger partial charge in [-0.2, -0.15) is 5.10 Å². The molecule has 0 aliphatic heterocycles. The highest BCUT2D eigenvalue weighted by Crippen LogP contribution is 2.25. The summed E-state index contributed by atoms with van der Waals surface area (Å²) < 4.78 is 6.58. The number of ether oxygens (including phenoxy) is 1. The summed E-state index contributed by atoms with van der Waals surface area (Å²) in [6.45, 7) is 2.50. The van der Waals surface area contributed by atoms with Gasteiger partial charge in [0.05, 0.1) is 11.1 Å². The quantitative estimate of drug-likeness (QED) is 0.395. The Bertz CT molecular complexity index is 743. The molecule has 0 saturated carbocycles. The Morgan fingerprint density at radius 2 is 2.04 bits per heavy atom. The monoisotopic (exact) mass is 400 g/mol. The van der Waals surface area contributed by atoms with Gasteiger partial charge in [-0.05, 0) is 58.6 Å². The molecule has 25 heavy (non-hydrogen) atoms. The van der Waals surface area contributed by atoms with Crippen molar-refractivity contribution in [2.24, 2.45) is 5.10 Å². The van der Waals surface area contributed by atoms with Crippen LogP contribution in [0.15, 0.2) is 64.2 Å². The number of aryl methyl sites for hydroxylation is 1. The van der Waals surface area contributed by atoms with Crippen molar-refractivity contribution in [2.75, 3.05) is 6.61 Å². The van der Waals surface area contributed by atoms with Crippen molar-refractivity contribution in [1.82, 2.24) is 5.43 Å². The maximum Gasteiger partial charge on any atom is 0.240 e. The molecule has 1 N–H and O–H groups in total. The van der Waals surface area contributed by atoms with Crippen LogP contribution < -0.4 is 10.2 Å². The van der Waals surface area contributed by atoms with Crippen LogP contribution in [0.5, 0.6) is 5.75 Å². The van der Waals surface area contributed by atoms with E-state index >= 15 is 0 Å². The Balaban J connectivity index is 1.62. The van der Waals surface area contributed by atoms with Gasteiger partial charge < -0.3 is 4.74 Å². The van der Waals surface area contributed by atoms with Crippen molar-refractivity contribution in [3.63, 3.8) is 0 Å². The predicted octanol–water partition coefficient (Wildman–Crippen LogP) is 4.73. The fourth-order valence-electron chi connectivity index (χ4n) is 2.06. The molecule has 0 radical (unpaired) electrons. The first-order valence-electron chi connectivity index (χ1n) is 8.08. The van der Waals surface area contributed by atoms with Crippen molar-refractivity contribution in [1.29, 1.82) is 0 Å². The molecule has 0 aliphatic rings. The first-order valence-corrected chi connectivity index (χ1v) is 8.87. The van der Waals surface area contributed by atoms with E-state index in [0.29, 0.717) is 19.4 Å². The molecule has 0 atom stereocenters. The lowest BCUT2D eigenvalue weighted by Gasteiger charge is -2.08. The number of amides is 1. The molecule has 5 heteroatoms. The third kappa shape index (κ3) is 7.35. The molecule has 1 amide bonds. The maximum absolute atomic E-state index is 11.7. The summed E-state index contributed by atoms with van der Waals surface area (Å²) >= 11 is 3.46. The zero-order valence-electron chi connectivity index (χ0n) is 14.1. The molecule has 4 nitrogen and oxygen atoms in total. The van der Waals surface area contributed by atoms with Gasteiger partial charge in [-0.1, -0.05) is 42.5 Å². The molecule has 0 bridgehead atoms. The zero-order valence-corrected chi connectivity index (χ0v) is 15.7. The predicted molar refractivity (Wildman–Crippen MR) is 106 cm³/mol. The number of nitrogens with one attached hydrogen (secondary N) is 1. The Hall–Kier alpha value is -2.40. The number of carbonyl (C=O) groups is 1. The van der Waals surface area contributed by atoms with Crippen LogP contribution in [-0.4, -0.2) is 18.7 Å². The molecule has 0 unspecified atom stereocenters. The van der Waals surface area contributed by atoms with Crippen molar-refractivity contribution in [3.05, 3.63) is 70.2 Å². The summed E-state index contributed by atoms with van der Waals surface area (Å²) in [7, 11) is 0. The summed E-state index contributed by atoms with van der Waals surface area (Å²) in [6.07, 6.45) is 6.26. The van der Waals surface area contributed by atoms with E-state index in [-0.39, 0.29) is 5.91 Å². The Kier molecular flexibility index (Phi) is 7.92. The van der Waals surface area contributed by atoms with Crippen molar-refractivity contribution < 1.29 is 9.53 Å². The van der Waals surface area contributed by atoms with E-state index < -0.39 is 0 Å². The van der Waals surface area contributed by atoms with E-state index in [9.17, 15) is 4.79 Å². The van der Waals surface area contributed by atoms with Crippen LogP contribution in [0.25, 0.3) is 6.08 Å². The summed E-state index contributed by atoms with van der Waals surface area (Å²) in [5.74, 6) is 0.658. The van der Waals surface area contributed by atoms with Gasteiger partial charge in [0.2, 0.25) is 5.91 Å². The molecule has 0 fully saturated rings. The van der Waals surface area contributed by atoms with Gasteiger partial charge in [0.25, 0.3) is 0 Å². The third-order valence-electron chi connectivity index (χ3n) is 3.33. The van der Waals surface area contributed by atoms with E-state index in [2.05, 4.69) is 26.5 Å². The first-order chi connectivity index (χ1) is 12.1. The molecule has 2 rings (SSSR count). The highest BCUT2D eigenvalue weighted by Gasteiger charge is 2.03. The SMILES string of the molecule is Cc1ccc(OCCCC(=O)N/N=C/C=C/c2ccccc2)c(Br)c1. The molecule has 130 valence electrons. The average molecular weight is 401 g/mol. The lowest BCUT2D eigenvalue weighted by molar-refractivity contribution is -0.121. The van der Waals surface area contributed by atoms with Gasteiger partial charge in [-0.25, -0.2) is 5.43 Å². The molecule has 0 aliphatic carbocycles. The first kappa shape index (κ1) is 18.9. The summed E-state index contributed by atoms with van der Waals surface area (Å²) in [6, 6.07) is 15.8.